The Labute approximate surface area is 91.8 Å². The second-order valence-corrected chi connectivity index (χ2v) is 3.52. The number of H-pyrrole nitrogens is 1. The third kappa shape index (κ3) is 1.90. The molecule has 0 saturated carbocycles. The number of nitrogens with one attached hydrogen (secondary N) is 1. The quantitative estimate of drug-likeness (QED) is 0.722. The van der Waals surface area contributed by atoms with Crippen molar-refractivity contribution < 1.29 is 15.0 Å². The van der Waals surface area contributed by atoms with Crippen molar-refractivity contribution in [3.63, 3.8) is 0 Å². The van der Waals surface area contributed by atoms with Gasteiger partial charge in [0.2, 0.25) is 0 Å². The van der Waals surface area contributed by atoms with Crippen LogP contribution in [0.15, 0.2) is 18.2 Å². The molecule has 0 fully saturated rings. The predicted molar refractivity (Wildman–Crippen MR) is 58.5 cm³/mol. The Bertz CT molecular complexity index is 519. The maximum absolute atomic E-state index is 10.9. The molecule has 3 N–H and O–H groups in total. The summed E-state index contributed by atoms with van der Waals surface area (Å²) in [5, 5.41) is 17.7. The van der Waals surface area contributed by atoms with E-state index in [4.69, 9.17) is 10.2 Å². The fourth-order valence-electron chi connectivity index (χ4n) is 1.62. The van der Waals surface area contributed by atoms with Crippen molar-refractivity contribution in [2.45, 2.75) is 12.8 Å². The van der Waals surface area contributed by atoms with Crippen LogP contribution in [0.25, 0.3) is 11.0 Å². The average molecular weight is 220 g/mol. The van der Waals surface area contributed by atoms with E-state index in [0.29, 0.717) is 29.7 Å². The zero-order chi connectivity index (χ0) is 11.5. The number of aromatic nitrogens is 2. The number of carboxylic acid groups (broad SMARTS) is 1. The lowest BCUT2D eigenvalue weighted by Gasteiger charge is -1.93. The first-order valence-electron chi connectivity index (χ1n) is 5.04. The van der Waals surface area contributed by atoms with E-state index in [1.807, 2.05) is 0 Å². The highest BCUT2D eigenvalue weighted by Crippen LogP contribution is 2.17. The van der Waals surface area contributed by atoms with E-state index in [2.05, 4.69) is 9.97 Å². The lowest BCUT2D eigenvalue weighted by Crippen LogP contribution is -1.97. The van der Waals surface area contributed by atoms with Gasteiger partial charge in [0, 0.05) is 13.0 Å². The zero-order valence-corrected chi connectivity index (χ0v) is 8.60. The Morgan fingerprint density at radius 1 is 1.44 bits per heavy atom. The molecule has 0 aliphatic carbocycles. The van der Waals surface area contributed by atoms with Crippen molar-refractivity contribution in [3.8, 4) is 0 Å². The Hall–Kier alpha value is -1.88. The fourth-order valence-corrected chi connectivity index (χ4v) is 1.62. The molecular weight excluding hydrogens is 208 g/mol. The summed E-state index contributed by atoms with van der Waals surface area (Å²) in [6, 6.07) is 5.00. The van der Waals surface area contributed by atoms with Gasteiger partial charge in [0.25, 0.3) is 0 Å². The van der Waals surface area contributed by atoms with Crippen molar-refractivity contribution in [1.82, 2.24) is 9.97 Å². The zero-order valence-electron chi connectivity index (χ0n) is 8.60. The third-order valence-electron chi connectivity index (χ3n) is 2.36. The van der Waals surface area contributed by atoms with Gasteiger partial charge in [-0.05, 0) is 18.6 Å². The summed E-state index contributed by atoms with van der Waals surface area (Å²) < 4.78 is 0. The molecule has 5 nitrogen and oxygen atoms in total. The summed E-state index contributed by atoms with van der Waals surface area (Å²) in [6.07, 6.45) is 1.23. The minimum absolute atomic E-state index is 0.100. The number of hydrogen-bond acceptors (Lipinski definition) is 3. The topological polar surface area (TPSA) is 86.2 Å². The highest BCUT2D eigenvalue weighted by molar-refractivity contribution is 6.00. The summed E-state index contributed by atoms with van der Waals surface area (Å²) in [4.78, 5) is 18.2. The van der Waals surface area contributed by atoms with E-state index in [-0.39, 0.29) is 12.2 Å². The molecule has 2 rings (SSSR count). The molecule has 5 heteroatoms. The summed E-state index contributed by atoms with van der Waals surface area (Å²) in [6.45, 7) is 0.100. The summed E-state index contributed by atoms with van der Waals surface area (Å²) >= 11 is 0. The molecule has 0 spiro atoms. The largest absolute Gasteiger partial charge is 0.478 e. The van der Waals surface area contributed by atoms with E-state index in [1.54, 1.807) is 12.1 Å². The lowest BCUT2D eigenvalue weighted by molar-refractivity contribution is 0.0699. The number of fused-ring (bicyclic) bond motifs is 1. The normalized spacial score (nSPS) is 10.8. The molecule has 0 unspecified atom stereocenters. The van der Waals surface area contributed by atoms with Crippen molar-refractivity contribution in [2.24, 2.45) is 0 Å². The SMILES string of the molecule is O=C(O)c1cccc2[nH]c(CCCO)nc12. The van der Waals surface area contributed by atoms with Gasteiger partial charge in [0.15, 0.2) is 0 Å². The number of imidazole rings is 1. The Morgan fingerprint density at radius 2 is 2.25 bits per heavy atom. The Kier molecular flexibility index (Phi) is 2.87. The Morgan fingerprint density at radius 3 is 2.94 bits per heavy atom. The third-order valence-corrected chi connectivity index (χ3v) is 2.36. The summed E-state index contributed by atoms with van der Waals surface area (Å²) in [5.41, 5.74) is 1.39. The van der Waals surface area contributed by atoms with Crippen LogP contribution >= 0.6 is 0 Å². The van der Waals surface area contributed by atoms with E-state index in [0.717, 1.165) is 0 Å². The first kappa shape index (κ1) is 10.6. The standard InChI is InChI=1S/C11H12N2O3/c14-6-2-5-9-12-8-4-1-3-7(11(15)16)10(8)13-9/h1,3-4,14H,2,5-6H2,(H,12,13)(H,15,16). The highest BCUT2D eigenvalue weighted by Gasteiger charge is 2.11. The van der Waals surface area contributed by atoms with Crippen LogP contribution in [0.5, 0.6) is 0 Å². The van der Waals surface area contributed by atoms with E-state index < -0.39 is 5.97 Å². The highest BCUT2D eigenvalue weighted by atomic mass is 16.4. The second kappa shape index (κ2) is 4.32. The van der Waals surface area contributed by atoms with Crippen LogP contribution in [0.4, 0.5) is 0 Å². The number of carbonyl (C=O) groups is 1. The van der Waals surface area contributed by atoms with Gasteiger partial charge in [0.1, 0.15) is 11.3 Å². The van der Waals surface area contributed by atoms with Gasteiger partial charge in [0.05, 0.1) is 11.1 Å². The van der Waals surface area contributed by atoms with Crippen LogP contribution < -0.4 is 0 Å². The smallest absolute Gasteiger partial charge is 0.337 e. The van der Waals surface area contributed by atoms with E-state index in [9.17, 15) is 4.79 Å². The maximum Gasteiger partial charge on any atom is 0.337 e. The number of aliphatic hydroxyl groups excluding tert-OH is 1. The molecule has 0 aliphatic heterocycles. The van der Waals surface area contributed by atoms with Crippen LogP contribution in [0.2, 0.25) is 0 Å². The predicted octanol–water partition coefficient (Wildman–Crippen LogP) is 1.19. The van der Waals surface area contributed by atoms with Gasteiger partial charge in [-0.1, -0.05) is 6.07 Å². The van der Waals surface area contributed by atoms with Gasteiger partial charge >= 0.3 is 5.97 Å². The molecule has 0 amide bonds. The minimum Gasteiger partial charge on any atom is -0.478 e. The van der Waals surface area contributed by atoms with Crippen molar-refractivity contribution >= 4 is 17.0 Å². The van der Waals surface area contributed by atoms with E-state index >= 15 is 0 Å². The maximum atomic E-state index is 10.9. The monoisotopic (exact) mass is 220 g/mol. The first-order valence-corrected chi connectivity index (χ1v) is 5.04. The van der Waals surface area contributed by atoms with Gasteiger partial charge < -0.3 is 15.2 Å². The first-order chi connectivity index (χ1) is 7.72. The van der Waals surface area contributed by atoms with Crippen LogP contribution in [0, 0.1) is 0 Å². The molecule has 0 atom stereocenters. The number of benzene rings is 1. The number of nitrogens with zero attached hydrogens (tertiary/aromatic N) is 1. The molecule has 16 heavy (non-hydrogen) atoms. The number of aromatic amines is 1. The summed E-state index contributed by atoms with van der Waals surface area (Å²) in [5.74, 6) is -0.274. The van der Waals surface area contributed by atoms with Crippen LogP contribution in [0.1, 0.15) is 22.6 Å². The molecular formula is C11H12N2O3. The van der Waals surface area contributed by atoms with Gasteiger partial charge in [-0.2, -0.15) is 0 Å². The molecule has 1 heterocycles. The number of carboxylic acids is 1. The number of aryl methyl sites for hydroxylation is 1. The van der Waals surface area contributed by atoms with Crippen LogP contribution in [0.3, 0.4) is 0 Å². The van der Waals surface area contributed by atoms with Gasteiger partial charge in [-0.3, -0.25) is 0 Å². The van der Waals surface area contributed by atoms with Crippen molar-refractivity contribution in [3.05, 3.63) is 29.6 Å². The lowest BCUT2D eigenvalue weighted by atomic mass is 10.2. The van der Waals surface area contributed by atoms with Gasteiger partial charge in [-0.15, -0.1) is 0 Å². The fraction of sp³-hybridized carbons (Fsp3) is 0.273. The molecule has 1 aromatic heterocycles. The number of aromatic carboxylic acids is 1. The van der Waals surface area contributed by atoms with Crippen LogP contribution in [-0.4, -0.2) is 32.8 Å². The number of rotatable bonds is 4. The summed E-state index contributed by atoms with van der Waals surface area (Å²) in [7, 11) is 0. The molecule has 84 valence electrons. The van der Waals surface area contributed by atoms with E-state index in [1.165, 1.54) is 6.07 Å². The minimum atomic E-state index is -0.981. The molecule has 1 aromatic carbocycles. The second-order valence-electron chi connectivity index (χ2n) is 3.52. The van der Waals surface area contributed by atoms with Crippen molar-refractivity contribution in [1.29, 1.82) is 0 Å². The van der Waals surface area contributed by atoms with Gasteiger partial charge in [-0.25, -0.2) is 9.78 Å². The number of hydrogen-bond donors (Lipinski definition) is 3. The number of para-hydroxylation sites is 1. The Balaban J connectivity index is 2.44. The molecule has 2 aromatic rings. The molecule has 0 bridgehead atoms. The molecule has 0 radical (unpaired) electrons. The number of aliphatic hydroxyl groups is 1. The van der Waals surface area contributed by atoms with Crippen LogP contribution in [-0.2, 0) is 6.42 Å². The van der Waals surface area contributed by atoms with Crippen molar-refractivity contribution in [2.75, 3.05) is 6.61 Å². The average Bonchev–Trinajstić information content (AvgIpc) is 2.68. The molecule has 0 saturated heterocycles. The molecule has 0 aliphatic rings.